The third-order valence-electron chi connectivity index (χ3n) is 5.72. The maximum atomic E-state index is 13.2. The zero-order valence-electron chi connectivity index (χ0n) is 15.9. The van der Waals surface area contributed by atoms with Gasteiger partial charge in [-0.3, -0.25) is 9.59 Å². The van der Waals surface area contributed by atoms with Crippen molar-refractivity contribution in [3.8, 4) is 0 Å². The Morgan fingerprint density at radius 3 is 2.32 bits per heavy atom. The van der Waals surface area contributed by atoms with Crippen LogP contribution in [0, 0.1) is 12.7 Å². The predicted octanol–water partition coefficient (Wildman–Crippen LogP) is 3.96. The average Bonchev–Trinajstić information content (AvgIpc) is 3.11. The summed E-state index contributed by atoms with van der Waals surface area (Å²) in [6.45, 7) is 3.90. The van der Waals surface area contributed by atoms with E-state index in [0.29, 0.717) is 25.2 Å². The first-order valence-electron chi connectivity index (χ1n) is 9.57. The fourth-order valence-electron chi connectivity index (χ4n) is 4.10. The van der Waals surface area contributed by atoms with Gasteiger partial charge in [0.05, 0.1) is 4.87 Å². The van der Waals surface area contributed by atoms with Crippen molar-refractivity contribution < 1.29 is 14.0 Å². The molecule has 0 radical (unpaired) electrons. The number of amides is 2. The Labute approximate surface area is 168 Å². The zero-order valence-corrected chi connectivity index (χ0v) is 16.7. The van der Waals surface area contributed by atoms with E-state index in [1.807, 2.05) is 41.0 Å². The summed E-state index contributed by atoms with van der Waals surface area (Å²) in [5, 5.41) is 0. The van der Waals surface area contributed by atoms with E-state index >= 15 is 0 Å². The van der Waals surface area contributed by atoms with Crippen LogP contribution in [0.15, 0.2) is 48.5 Å². The lowest BCUT2D eigenvalue weighted by molar-refractivity contribution is 0.0497. The van der Waals surface area contributed by atoms with Gasteiger partial charge >= 0.3 is 0 Å². The Morgan fingerprint density at radius 1 is 0.964 bits per heavy atom. The molecule has 1 spiro atoms. The van der Waals surface area contributed by atoms with Crippen LogP contribution in [0.4, 0.5) is 4.39 Å². The number of thioether (sulfide) groups is 1. The predicted molar refractivity (Wildman–Crippen MR) is 109 cm³/mol. The average molecular weight is 399 g/mol. The number of halogens is 1. The molecule has 2 aromatic rings. The number of piperidine rings is 1. The number of likely N-dealkylation sites (tertiary alicyclic amines) is 1. The molecule has 0 atom stereocenters. The first kappa shape index (κ1) is 19.0. The van der Waals surface area contributed by atoms with E-state index in [2.05, 4.69) is 0 Å². The Balaban J connectivity index is 1.48. The summed E-state index contributed by atoms with van der Waals surface area (Å²) < 4.78 is 13.2. The lowest BCUT2D eigenvalue weighted by atomic mass is 9.99. The first-order valence-corrected chi connectivity index (χ1v) is 10.6. The van der Waals surface area contributed by atoms with Crippen LogP contribution in [0.5, 0.6) is 0 Å². The van der Waals surface area contributed by atoms with Gasteiger partial charge in [-0.1, -0.05) is 18.2 Å². The van der Waals surface area contributed by atoms with Crippen LogP contribution < -0.4 is 0 Å². The van der Waals surface area contributed by atoms with Gasteiger partial charge in [0.2, 0.25) is 0 Å². The standard InChI is InChI=1S/C22H23FN2O2S/c1-16-4-2-3-5-19(16)21(27)24-12-10-22(11-13-24)25(14-15-28-22)20(26)17-6-8-18(23)9-7-17/h2-9H,10-15H2,1H3. The second-order valence-corrected chi connectivity index (χ2v) is 8.82. The second-order valence-electron chi connectivity index (χ2n) is 7.37. The molecule has 28 heavy (non-hydrogen) atoms. The van der Waals surface area contributed by atoms with Gasteiger partial charge in [0.15, 0.2) is 0 Å². The third-order valence-corrected chi connectivity index (χ3v) is 7.27. The van der Waals surface area contributed by atoms with E-state index in [4.69, 9.17) is 0 Å². The number of carbonyl (C=O) groups excluding carboxylic acids is 2. The van der Waals surface area contributed by atoms with Crippen LogP contribution in [0.2, 0.25) is 0 Å². The van der Waals surface area contributed by atoms with E-state index in [0.717, 1.165) is 29.7 Å². The minimum atomic E-state index is -0.343. The zero-order chi connectivity index (χ0) is 19.7. The summed E-state index contributed by atoms with van der Waals surface area (Å²) in [4.78, 5) is 29.5. The van der Waals surface area contributed by atoms with Gasteiger partial charge in [-0.15, -0.1) is 11.8 Å². The molecule has 2 aliphatic rings. The summed E-state index contributed by atoms with van der Waals surface area (Å²) in [7, 11) is 0. The number of rotatable bonds is 2. The molecule has 0 unspecified atom stereocenters. The SMILES string of the molecule is Cc1ccccc1C(=O)N1CCC2(CC1)SCCN2C(=O)c1ccc(F)cc1. The molecule has 0 aromatic heterocycles. The Kier molecular flexibility index (Phi) is 5.15. The van der Waals surface area contributed by atoms with Crippen molar-refractivity contribution in [1.82, 2.24) is 9.80 Å². The fraction of sp³-hybridized carbons (Fsp3) is 0.364. The lowest BCUT2D eigenvalue weighted by Gasteiger charge is -2.44. The summed E-state index contributed by atoms with van der Waals surface area (Å²) in [5.41, 5.74) is 2.25. The van der Waals surface area contributed by atoms with E-state index in [-0.39, 0.29) is 22.5 Å². The molecule has 2 aliphatic heterocycles. The van der Waals surface area contributed by atoms with E-state index in [1.165, 1.54) is 12.1 Å². The monoisotopic (exact) mass is 398 g/mol. The molecular formula is C22H23FN2O2S. The Hall–Kier alpha value is -2.34. The normalized spacial score (nSPS) is 18.5. The molecule has 146 valence electrons. The van der Waals surface area contributed by atoms with Gasteiger partial charge in [0.1, 0.15) is 5.82 Å². The third kappa shape index (κ3) is 3.41. The summed E-state index contributed by atoms with van der Waals surface area (Å²) in [6.07, 6.45) is 1.50. The van der Waals surface area contributed by atoms with Crippen molar-refractivity contribution in [2.24, 2.45) is 0 Å². The first-order chi connectivity index (χ1) is 13.5. The van der Waals surface area contributed by atoms with Gasteiger partial charge in [-0.25, -0.2) is 4.39 Å². The highest BCUT2D eigenvalue weighted by atomic mass is 32.2. The Morgan fingerprint density at radius 2 is 1.64 bits per heavy atom. The highest BCUT2D eigenvalue weighted by molar-refractivity contribution is 8.00. The van der Waals surface area contributed by atoms with Crippen molar-refractivity contribution in [3.05, 3.63) is 71.0 Å². The van der Waals surface area contributed by atoms with Gasteiger partial charge in [-0.05, 0) is 55.7 Å². The van der Waals surface area contributed by atoms with Crippen LogP contribution in [0.25, 0.3) is 0 Å². The van der Waals surface area contributed by atoms with Crippen molar-refractivity contribution >= 4 is 23.6 Å². The molecule has 4 nitrogen and oxygen atoms in total. The number of nitrogens with zero attached hydrogens (tertiary/aromatic N) is 2. The van der Waals surface area contributed by atoms with Crippen molar-refractivity contribution in [2.75, 3.05) is 25.4 Å². The number of hydrogen-bond donors (Lipinski definition) is 0. The van der Waals surface area contributed by atoms with Crippen molar-refractivity contribution in [1.29, 1.82) is 0 Å². The number of benzene rings is 2. The van der Waals surface area contributed by atoms with Gasteiger partial charge in [0.25, 0.3) is 11.8 Å². The molecule has 0 aliphatic carbocycles. The molecule has 4 rings (SSSR count). The molecular weight excluding hydrogens is 375 g/mol. The summed E-state index contributed by atoms with van der Waals surface area (Å²) >= 11 is 1.81. The molecule has 0 bridgehead atoms. The van der Waals surface area contributed by atoms with Gasteiger partial charge < -0.3 is 9.80 Å². The molecule has 2 heterocycles. The molecule has 2 aromatic carbocycles. The lowest BCUT2D eigenvalue weighted by Crippen LogP contribution is -2.53. The summed E-state index contributed by atoms with van der Waals surface area (Å²) in [5.74, 6) is 0.555. The Bertz CT molecular complexity index is 892. The quantitative estimate of drug-likeness (QED) is 0.769. The van der Waals surface area contributed by atoms with Gasteiger partial charge in [-0.2, -0.15) is 0 Å². The van der Waals surface area contributed by atoms with E-state index in [1.54, 1.807) is 23.9 Å². The molecule has 2 saturated heterocycles. The van der Waals surface area contributed by atoms with Crippen LogP contribution in [0.1, 0.15) is 39.1 Å². The highest BCUT2D eigenvalue weighted by Gasteiger charge is 2.47. The molecule has 2 amide bonds. The fourth-order valence-corrected chi connectivity index (χ4v) is 5.56. The maximum absolute atomic E-state index is 13.2. The topological polar surface area (TPSA) is 40.6 Å². The molecule has 0 N–H and O–H groups in total. The van der Waals surface area contributed by atoms with Crippen LogP contribution in [0.3, 0.4) is 0 Å². The maximum Gasteiger partial charge on any atom is 0.254 e. The van der Waals surface area contributed by atoms with E-state index < -0.39 is 0 Å². The molecule has 6 heteroatoms. The number of hydrogen-bond acceptors (Lipinski definition) is 3. The smallest absolute Gasteiger partial charge is 0.254 e. The summed E-state index contributed by atoms with van der Waals surface area (Å²) in [6, 6.07) is 13.4. The number of aryl methyl sites for hydroxylation is 1. The van der Waals surface area contributed by atoms with Crippen molar-refractivity contribution in [3.63, 3.8) is 0 Å². The van der Waals surface area contributed by atoms with Crippen LogP contribution in [-0.4, -0.2) is 51.9 Å². The van der Waals surface area contributed by atoms with Crippen LogP contribution >= 0.6 is 11.8 Å². The largest absolute Gasteiger partial charge is 0.338 e. The molecule has 0 saturated carbocycles. The minimum absolute atomic E-state index is 0.0521. The van der Waals surface area contributed by atoms with E-state index in [9.17, 15) is 14.0 Å². The molecule has 2 fully saturated rings. The highest BCUT2D eigenvalue weighted by Crippen LogP contribution is 2.44. The van der Waals surface area contributed by atoms with Gasteiger partial charge in [0, 0.05) is 36.5 Å². The minimum Gasteiger partial charge on any atom is -0.338 e. The number of carbonyl (C=O) groups is 2. The second kappa shape index (κ2) is 7.59. The van der Waals surface area contributed by atoms with Crippen LogP contribution in [-0.2, 0) is 0 Å². The van der Waals surface area contributed by atoms with Crippen molar-refractivity contribution in [2.45, 2.75) is 24.6 Å².